The van der Waals surface area contributed by atoms with Gasteiger partial charge in [-0.3, -0.25) is 28.9 Å². The van der Waals surface area contributed by atoms with E-state index in [-0.39, 0.29) is 51.5 Å². The summed E-state index contributed by atoms with van der Waals surface area (Å²) < 4.78 is 56.9. The molecule has 1 aromatic heterocycles. The van der Waals surface area contributed by atoms with Crippen molar-refractivity contribution in [2.75, 3.05) is 38.0 Å². The molecule has 3 rings (SSSR count). The number of carboxylic acids is 1. The molecule has 2 aromatic carbocycles. The summed E-state index contributed by atoms with van der Waals surface area (Å²) in [4.78, 5) is 56.2. The van der Waals surface area contributed by atoms with E-state index in [1.165, 1.54) is 37.4 Å². The molecule has 0 saturated carbocycles. The Labute approximate surface area is 319 Å². The minimum Gasteiger partial charge on any atom is -0.481 e. The number of carboxylic acid groups (broad SMARTS) is 1. The third-order valence-corrected chi connectivity index (χ3v) is 6.81. The van der Waals surface area contributed by atoms with Crippen LogP contribution in [-0.4, -0.2) is 104 Å². The van der Waals surface area contributed by atoms with Gasteiger partial charge in [0.05, 0.1) is 25.2 Å². The molecule has 0 aliphatic heterocycles. The lowest BCUT2D eigenvalue weighted by molar-refractivity contribution is -0.123. The van der Waals surface area contributed by atoms with Crippen molar-refractivity contribution in [1.82, 2.24) is 15.6 Å². The van der Waals surface area contributed by atoms with E-state index in [9.17, 15) is 41.1 Å². The Kier molecular flexibility index (Phi) is 19.0. The van der Waals surface area contributed by atoms with E-state index in [0.717, 1.165) is 6.42 Å². The zero-order valence-electron chi connectivity index (χ0n) is 30.8. The molecule has 21 heteroatoms. The van der Waals surface area contributed by atoms with Crippen LogP contribution in [0.4, 0.5) is 5.69 Å². The zero-order chi connectivity index (χ0) is 42.1. The fourth-order valence-electron chi connectivity index (χ4n) is 4.51. The molecule has 0 fully saturated rings. The van der Waals surface area contributed by atoms with Gasteiger partial charge < -0.3 is 37.3 Å². The number of nitrogens with zero attached hydrogens (tertiary/aromatic N) is 1. The van der Waals surface area contributed by atoms with Crippen molar-refractivity contribution in [3.05, 3.63) is 77.0 Å². The van der Waals surface area contributed by atoms with E-state index in [1.54, 1.807) is 24.3 Å². The lowest BCUT2D eigenvalue weighted by atomic mass is 9.95. The number of aromatic nitrogens is 1. The Morgan fingerprint density at radius 2 is 1.42 bits per heavy atom. The number of hydrogen-bond donors (Lipinski definition) is 9. The van der Waals surface area contributed by atoms with Crippen LogP contribution in [0.1, 0.15) is 69.9 Å². The van der Waals surface area contributed by atoms with Crippen LogP contribution in [-0.2, 0) is 25.0 Å². The summed E-state index contributed by atoms with van der Waals surface area (Å²) in [5.74, 6) is -2.83. The number of hydrogen-bond acceptors (Lipinski definition) is 12. The van der Waals surface area contributed by atoms with Gasteiger partial charge in [-0.2, -0.15) is 16.8 Å². The van der Waals surface area contributed by atoms with E-state index in [1.807, 2.05) is 13.8 Å². The highest BCUT2D eigenvalue weighted by Gasteiger charge is 2.25. The number of benzene rings is 2. The number of anilines is 1. The zero-order valence-corrected chi connectivity index (χ0v) is 32.5. The number of amides is 3. The molecule has 0 spiro atoms. The van der Waals surface area contributed by atoms with Gasteiger partial charge in [-0.25, -0.2) is 9.78 Å². The van der Waals surface area contributed by atoms with Gasteiger partial charge in [-0.15, -0.1) is 0 Å². The first kappa shape index (κ1) is 47.5. The van der Waals surface area contributed by atoms with Gasteiger partial charge in [0, 0.05) is 35.0 Å². The Bertz CT molecular complexity index is 1990. The van der Waals surface area contributed by atoms with Crippen molar-refractivity contribution in [2.24, 2.45) is 17.4 Å². The lowest BCUT2D eigenvalue weighted by Crippen LogP contribution is -2.47. The Balaban J connectivity index is 0.00000134. The van der Waals surface area contributed by atoms with Crippen molar-refractivity contribution in [1.29, 1.82) is 5.41 Å². The SMILES string of the molecule is COc1ccc(-c2ccc(C(=O)N[C@@H](CC(C)C)C(=O)NCCCCN)cc2C(=O)O)c(C(=O)Nc2ccc(C(=N)N)cc2)n1.CS(=O)(=O)O.CS(=O)(=O)O. The van der Waals surface area contributed by atoms with E-state index in [0.29, 0.717) is 49.7 Å². The monoisotopic (exact) mass is 809 g/mol. The average molecular weight is 810 g/mol. The second-order valence-electron chi connectivity index (χ2n) is 12.2. The first-order valence-corrected chi connectivity index (χ1v) is 20.0. The molecule has 0 aliphatic carbocycles. The summed E-state index contributed by atoms with van der Waals surface area (Å²) in [6.45, 7) is 4.79. The highest BCUT2D eigenvalue weighted by Crippen LogP contribution is 2.30. The molecular weight excluding hydrogens is 763 g/mol. The minimum absolute atomic E-state index is 0.0267. The van der Waals surface area contributed by atoms with E-state index in [2.05, 4.69) is 20.9 Å². The number of carbonyl (C=O) groups is 4. The van der Waals surface area contributed by atoms with Gasteiger partial charge in [-0.05, 0) is 79.8 Å². The number of carbonyl (C=O) groups excluding carboxylic acids is 3. The van der Waals surface area contributed by atoms with Gasteiger partial charge in [-0.1, -0.05) is 19.9 Å². The first-order chi connectivity index (χ1) is 25.4. The molecule has 1 atom stereocenters. The van der Waals surface area contributed by atoms with Crippen LogP contribution >= 0.6 is 0 Å². The van der Waals surface area contributed by atoms with Crippen molar-refractivity contribution in [2.45, 2.75) is 39.2 Å². The first-order valence-electron chi connectivity index (χ1n) is 16.3. The van der Waals surface area contributed by atoms with Crippen molar-refractivity contribution in [3.8, 4) is 17.0 Å². The highest BCUT2D eigenvalue weighted by atomic mass is 32.2. The van der Waals surface area contributed by atoms with Gasteiger partial charge in [0.25, 0.3) is 32.1 Å². The number of ether oxygens (including phenoxy) is 1. The van der Waals surface area contributed by atoms with E-state index in [4.69, 9.17) is 30.7 Å². The maximum atomic E-state index is 13.4. The summed E-state index contributed by atoms with van der Waals surface area (Å²) in [6.07, 6.45) is 3.28. The number of nitrogens with one attached hydrogen (secondary N) is 4. The quantitative estimate of drug-likeness (QED) is 0.0459. The highest BCUT2D eigenvalue weighted by molar-refractivity contribution is 7.85. The smallest absolute Gasteiger partial charge is 0.336 e. The molecule has 0 aliphatic rings. The standard InChI is InChI=1S/C32H39N7O6.2CH4O3S/c1-18(2)16-25(30(41)36-15-5-4-14-33)38-29(40)20-8-11-22(24(17-20)32(43)44)23-12-13-26(45-3)39-27(23)31(42)37-21-9-6-19(7-10-21)28(34)35;2*1-5(2,3)4/h6-13,17-18,25H,4-5,14-16,33H2,1-3H3,(H3,34,35)(H,36,41)(H,37,42)(H,38,40)(H,43,44);2*1H3,(H,2,3,4)/t25-;;/m0../s1. The number of rotatable bonds is 15. The normalized spacial score (nSPS) is 11.4. The second-order valence-corrected chi connectivity index (χ2v) is 15.1. The second kappa shape index (κ2) is 22.0. The van der Waals surface area contributed by atoms with Crippen LogP contribution in [0, 0.1) is 11.3 Å². The van der Waals surface area contributed by atoms with Crippen LogP contribution in [0.5, 0.6) is 5.88 Å². The number of amidine groups is 1. The molecule has 3 aromatic rings. The molecule has 55 heavy (non-hydrogen) atoms. The maximum absolute atomic E-state index is 13.4. The van der Waals surface area contributed by atoms with Crippen molar-refractivity contribution >= 4 is 55.5 Å². The number of nitrogen functional groups attached to an aromatic ring is 1. The molecule has 0 bridgehead atoms. The van der Waals surface area contributed by atoms with Crippen molar-refractivity contribution < 1.29 is 55.0 Å². The number of methoxy groups -OCH3 is 1. The molecule has 3 amide bonds. The Morgan fingerprint density at radius 3 is 1.91 bits per heavy atom. The fourth-order valence-corrected chi connectivity index (χ4v) is 4.51. The molecular formula is C34H47N7O12S2. The fraction of sp³-hybridized carbons (Fsp3) is 0.353. The summed E-state index contributed by atoms with van der Waals surface area (Å²) in [5, 5.41) is 25.9. The Hall–Kier alpha value is -5.48. The largest absolute Gasteiger partial charge is 0.481 e. The van der Waals surface area contributed by atoms with E-state index < -0.39 is 44.1 Å². The predicted molar refractivity (Wildman–Crippen MR) is 206 cm³/mol. The summed E-state index contributed by atoms with van der Waals surface area (Å²) in [7, 11) is -5.95. The minimum atomic E-state index is -3.67. The summed E-state index contributed by atoms with van der Waals surface area (Å²) in [6, 6.07) is 12.5. The Morgan fingerprint density at radius 1 is 0.873 bits per heavy atom. The third-order valence-electron chi connectivity index (χ3n) is 6.81. The molecule has 0 saturated heterocycles. The lowest BCUT2D eigenvalue weighted by Gasteiger charge is -2.20. The maximum Gasteiger partial charge on any atom is 0.336 e. The van der Waals surface area contributed by atoms with Crippen molar-refractivity contribution in [3.63, 3.8) is 0 Å². The molecule has 1 heterocycles. The third kappa shape index (κ3) is 18.9. The van der Waals surface area contributed by atoms with Crippen LogP contribution < -0.4 is 32.2 Å². The van der Waals surface area contributed by atoms with Gasteiger partial charge >= 0.3 is 5.97 Å². The van der Waals surface area contributed by atoms with Gasteiger partial charge in [0.1, 0.15) is 17.6 Å². The van der Waals surface area contributed by atoms with Crippen LogP contribution in [0.3, 0.4) is 0 Å². The molecule has 302 valence electrons. The number of aromatic carboxylic acids is 1. The molecule has 19 nitrogen and oxygen atoms in total. The van der Waals surface area contributed by atoms with Crippen LogP contribution in [0.2, 0.25) is 0 Å². The predicted octanol–water partition coefficient (Wildman–Crippen LogP) is 2.00. The molecule has 0 radical (unpaired) electrons. The molecule has 0 unspecified atom stereocenters. The number of pyridine rings is 1. The average Bonchev–Trinajstić information content (AvgIpc) is 3.07. The van der Waals surface area contributed by atoms with Gasteiger partial charge in [0.2, 0.25) is 11.8 Å². The van der Waals surface area contributed by atoms with E-state index >= 15 is 0 Å². The summed E-state index contributed by atoms with van der Waals surface area (Å²) >= 11 is 0. The van der Waals surface area contributed by atoms with Crippen LogP contribution in [0.15, 0.2) is 54.6 Å². The number of nitrogens with two attached hydrogens (primary N) is 2. The van der Waals surface area contributed by atoms with Crippen LogP contribution in [0.25, 0.3) is 11.1 Å². The molecule has 11 N–H and O–H groups in total. The number of unbranched alkanes of at least 4 members (excludes halogenated alkanes) is 1. The topological polar surface area (TPSA) is 331 Å². The van der Waals surface area contributed by atoms with Gasteiger partial charge in [0.15, 0.2) is 0 Å². The summed E-state index contributed by atoms with van der Waals surface area (Å²) in [5.41, 5.74) is 11.9.